The second kappa shape index (κ2) is 21.4. The molecule has 132 valence electrons. The van der Waals surface area contributed by atoms with Crippen molar-refractivity contribution in [2.75, 3.05) is 24.4 Å². The molecule has 0 unspecified atom stereocenters. The van der Waals surface area contributed by atoms with E-state index in [-0.39, 0.29) is 0 Å². The van der Waals surface area contributed by atoms with Crippen molar-refractivity contribution in [2.45, 2.75) is 84.0 Å². The van der Waals surface area contributed by atoms with Crippen LogP contribution < -0.4 is 0 Å². The first-order chi connectivity index (χ1) is 10.9. The number of allylic oxidation sites excluding steroid dienone is 1. The lowest BCUT2D eigenvalue weighted by Crippen LogP contribution is -1.99. The minimum absolute atomic E-state index is 0.433. The third-order valence-electron chi connectivity index (χ3n) is 3.72. The zero-order chi connectivity index (χ0) is 16.1. The van der Waals surface area contributed by atoms with E-state index >= 15 is 0 Å². The van der Waals surface area contributed by atoms with Crippen LogP contribution in [0.3, 0.4) is 0 Å². The Morgan fingerprint density at radius 1 is 0.682 bits per heavy atom. The third-order valence-corrected chi connectivity index (χ3v) is 4.48. The molecular formula is C19H37IO2. The van der Waals surface area contributed by atoms with E-state index in [1.165, 1.54) is 75.1 Å². The molecule has 0 fully saturated rings. The van der Waals surface area contributed by atoms with Crippen molar-refractivity contribution in [1.82, 2.24) is 0 Å². The van der Waals surface area contributed by atoms with Crippen LogP contribution in [0.15, 0.2) is 12.2 Å². The van der Waals surface area contributed by atoms with E-state index in [4.69, 9.17) is 9.47 Å². The summed E-state index contributed by atoms with van der Waals surface area (Å²) in [7, 11) is 0. The fourth-order valence-electron chi connectivity index (χ4n) is 2.36. The standard InChI is InChI=1S/C19H37IO2/c1-2-21-19-22-18-16-14-12-10-8-6-4-3-5-7-9-11-13-15-17-20/h12,14H,2-11,13,15-19H2,1H3. The van der Waals surface area contributed by atoms with Crippen molar-refractivity contribution < 1.29 is 9.47 Å². The Morgan fingerprint density at radius 3 is 1.82 bits per heavy atom. The Balaban J connectivity index is 3.01. The SMILES string of the molecule is CCOCOCCC=CCCCCCCCCCCCCI. The van der Waals surface area contributed by atoms with Crippen molar-refractivity contribution in [3.63, 3.8) is 0 Å². The van der Waals surface area contributed by atoms with Gasteiger partial charge in [-0.05, 0) is 37.0 Å². The van der Waals surface area contributed by atoms with Crippen LogP contribution in [-0.4, -0.2) is 24.4 Å². The number of rotatable bonds is 18. The molecule has 0 saturated carbocycles. The van der Waals surface area contributed by atoms with Gasteiger partial charge in [0.05, 0.1) is 6.61 Å². The van der Waals surface area contributed by atoms with E-state index in [1.54, 1.807) is 0 Å². The maximum absolute atomic E-state index is 5.31. The molecule has 0 aliphatic heterocycles. The molecule has 0 saturated heterocycles. The van der Waals surface area contributed by atoms with Gasteiger partial charge in [-0.3, -0.25) is 0 Å². The first kappa shape index (κ1) is 22.4. The van der Waals surface area contributed by atoms with E-state index in [0.717, 1.165) is 19.6 Å². The molecule has 0 N–H and O–H groups in total. The Morgan fingerprint density at radius 2 is 1.23 bits per heavy atom. The zero-order valence-corrected chi connectivity index (χ0v) is 16.8. The highest BCUT2D eigenvalue weighted by molar-refractivity contribution is 14.1. The minimum Gasteiger partial charge on any atom is -0.356 e. The molecule has 0 aliphatic rings. The molecule has 0 aliphatic carbocycles. The van der Waals surface area contributed by atoms with E-state index in [9.17, 15) is 0 Å². The Hall–Kier alpha value is 0.390. The van der Waals surface area contributed by atoms with Crippen molar-refractivity contribution in [3.8, 4) is 0 Å². The van der Waals surface area contributed by atoms with Gasteiger partial charge in [0.1, 0.15) is 6.79 Å². The summed E-state index contributed by atoms with van der Waals surface area (Å²) in [6, 6.07) is 0. The highest BCUT2D eigenvalue weighted by Gasteiger charge is 1.92. The minimum atomic E-state index is 0.433. The lowest BCUT2D eigenvalue weighted by molar-refractivity contribution is -0.0476. The van der Waals surface area contributed by atoms with Gasteiger partial charge in [0.2, 0.25) is 0 Å². The van der Waals surface area contributed by atoms with Crippen LogP contribution in [0.4, 0.5) is 0 Å². The summed E-state index contributed by atoms with van der Waals surface area (Å²) in [6.07, 6.45) is 21.0. The van der Waals surface area contributed by atoms with Gasteiger partial charge in [-0.1, -0.05) is 86.1 Å². The van der Waals surface area contributed by atoms with Gasteiger partial charge in [-0.2, -0.15) is 0 Å². The van der Waals surface area contributed by atoms with Gasteiger partial charge in [0, 0.05) is 6.61 Å². The summed E-state index contributed by atoms with van der Waals surface area (Å²) in [4.78, 5) is 0. The molecule has 2 nitrogen and oxygen atoms in total. The highest BCUT2D eigenvalue weighted by Crippen LogP contribution is 2.11. The van der Waals surface area contributed by atoms with Gasteiger partial charge in [-0.15, -0.1) is 0 Å². The Bertz CT molecular complexity index is 219. The summed E-state index contributed by atoms with van der Waals surface area (Å²) in [6.45, 7) is 3.92. The third kappa shape index (κ3) is 20.4. The lowest BCUT2D eigenvalue weighted by atomic mass is 10.1. The van der Waals surface area contributed by atoms with Gasteiger partial charge < -0.3 is 9.47 Å². The molecule has 0 rings (SSSR count). The second-order valence-corrected chi connectivity index (χ2v) is 6.87. The quantitative estimate of drug-likeness (QED) is 0.0804. The summed E-state index contributed by atoms with van der Waals surface area (Å²) >= 11 is 2.48. The largest absolute Gasteiger partial charge is 0.356 e. The molecule has 0 aromatic carbocycles. The van der Waals surface area contributed by atoms with Gasteiger partial charge in [0.25, 0.3) is 0 Å². The van der Waals surface area contributed by atoms with Crippen LogP contribution in [-0.2, 0) is 9.47 Å². The molecule has 0 aromatic rings. The van der Waals surface area contributed by atoms with E-state index in [2.05, 4.69) is 34.7 Å². The van der Waals surface area contributed by atoms with Gasteiger partial charge in [0.15, 0.2) is 0 Å². The monoisotopic (exact) mass is 424 g/mol. The molecule has 0 spiro atoms. The smallest absolute Gasteiger partial charge is 0.146 e. The van der Waals surface area contributed by atoms with Crippen LogP contribution in [0.25, 0.3) is 0 Å². The topological polar surface area (TPSA) is 18.5 Å². The first-order valence-electron chi connectivity index (χ1n) is 9.28. The first-order valence-corrected chi connectivity index (χ1v) is 10.8. The molecule has 0 aromatic heterocycles. The van der Waals surface area contributed by atoms with Crippen LogP contribution in [0.1, 0.15) is 84.0 Å². The summed E-state index contributed by atoms with van der Waals surface area (Å²) < 4.78 is 11.8. The second-order valence-electron chi connectivity index (χ2n) is 5.79. The van der Waals surface area contributed by atoms with Crippen LogP contribution >= 0.6 is 22.6 Å². The molecule has 0 heterocycles. The predicted molar refractivity (Wildman–Crippen MR) is 106 cm³/mol. The summed E-state index contributed by atoms with van der Waals surface area (Å²) in [5.41, 5.74) is 0. The number of alkyl halides is 1. The van der Waals surface area contributed by atoms with Gasteiger partial charge >= 0.3 is 0 Å². The molecule has 3 heteroatoms. The van der Waals surface area contributed by atoms with Crippen molar-refractivity contribution in [3.05, 3.63) is 12.2 Å². The number of halogens is 1. The number of hydrogen-bond acceptors (Lipinski definition) is 2. The average Bonchev–Trinajstić information content (AvgIpc) is 2.54. The maximum atomic E-state index is 5.31. The highest BCUT2D eigenvalue weighted by atomic mass is 127. The molecule has 0 amide bonds. The molecule has 22 heavy (non-hydrogen) atoms. The zero-order valence-electron chi connectivity index (χ0n) is 14.7. The predicted octanol–water partition coefficient (Wildman–Crippen LogP) is 6.67. The molecule has 0 bridgehead atoms. The van der Waals surface area contributed by atoms with Crippen molar-refractivity contribution >= 4 is 22.6 Å². The lowest BCUT2D eigenvalue weighted by Gasteiger charge is -2.02. The van der Waals surface area contributed by atoms with Crippen molar-refractivity contribution in [1.29, 1.82) is 0 Å². The number of hydrogen-bond donors (Lipinski definition) is 0. The van der Waals surface area contributed by atoms with Crippen LogP contribution in [0, 0.1) is 0 Å². The van der Waals surface area contributed by atoms with E-state index < -0.39 is 0 Å². The van der Waals surface area contributed by atoms with Gasteiger partial charge in [-0.25, -0.2) is 0 Å². The fraction of sp³-hybridized carbons (Fsp3) is 0.895. The maximum Gasteiger partial charge on any atom is 0.146 e. The number of unbranched alkanes of at least 4 members (excludes halogenated alkanes) is 10. The fourth-order valence-corrected chi connectivity index (χ4v) is 2.90. The van der Waals surface area contributed by atoms with Crippen molar-refractivity contribution in [2.24, 2.45) is 0 Å². The average molecular weight is 424 g/mol. The van der Waals surface area contributed by atoms with Crippen LogP contribution in [0.2, 0.25) is 0 Å². The summed E-state index contributed by atoms with van der Waals surface area (Å²) in [5, 5.41) is 0. The Kier molecular flexibility index (Phi) is 21.8. The summed E-state index contributed by atoms with van der Waals surface area (Å²) in [5.74, 6) is 0. The normalized spacial score (nSPS) is 11.5. The molecule has 0 atom stereocenters. The van der Waals surface area contributed by atoms with E-state index in [1.807, 2.05) is 6.92 Å². The van der Waals surface area contributed by atoms with Crippen LogP contribution in [0.5, 0.6) is 0 Å². The Labute approximate surface area is 152 Å². The molecule has 0 radical (unpaired) electrons. The molecular weight excluding hydrogens is 387 g/mol. The number of ether oxygens (including phenoxy) is 2. The van der Waals surface area contributed by atoms with E-state index in [0.29, 0.717) is 6.79 Å².